The van der Waals surface area contributed by atoms with E-state index >= 15 is 0 Å². The fraction of sp³-hybridized carbons (Fsp3) is 0.571. The summed E-state index contributed by atoms with van der Waals surface area (Å²) in [5, 5.41) is 6.39. The van der Waals surface area contributed by atoms with E-state index in [0.29, 0.717) is 31.3 Å². The molecule has 2 aromatic rings. The van der Waals surface area contributed by atoms with Gasteiger partial charge in [-0.1, -0.05) is 0 Å². The quantitative estimate of drug-likeness (QED) is 0.937. The third kappa shape index (κ3) is 3.49. The summed E-state index contributed by atoms with van der Waals surface area (Å²) in [6, 6.07) is 0. The van der Waals surface area contributed by atoms with Crippen LogP contribution in [0.2, 0.25) is 0 Å². The smallest absolute Gasteiger partial charge is 0.334 e. The van der Waals surface area contributed by atoms with Crippen molar-refractivity contribution in [1.29, 1.82) is 0 Å². The van der Waals surface area contributed by atoms with Crippen molar-refractivity contribution >= 4 is 11.3 Å². The van der Waals surface area contributed by atoms with Gasteiger partial charge in [0.2, 0.25) is 0 Å². The Morgan fingerprint density at radius 3 is 2.91 bits per heavy atom. The number of halogens is 3. The van der Waals surface area contributed by atoms with E-state index in [9.17, 15) is 13.2 Å². The van der Waals surface area contributed by atoms with Crippen molar-refractivity contribution in [3.05, 3.63) is 33.8 Å². The summed E-state index contributed by atoms with van der Waals surface area (Å²) in [6.45, 7) is 4.03. The van der Waals surface area contributed by atoms with E-state index in [0.717, 1.165) is 29.9 Å². The Morgan fingerprint density at radius 1 is 1.41 bits per heavy atom. The Bertz CT molecular complexity index is 647. The van der Waals surface area contributed by atoms with Crippen molar-refractivity contribution in [2.45, 2.75) is 39.0 Å². The van der Waals surface area contributed by atoms with E-state index in [1.54, 1.807) is 15.9 Å². The van der Waals surface area contributed by atoms with Crippen LogP contribution >= 0.6 is 11.3 Å². The van der Waals surface area contributed by atoms with Crippen molar-refractivity contribution < 1.29 is 13.2 Å². The van der Waals surface area contributed by atoms with Gasteiger partial charge in [-0.2, -0.15) is 13.2 Å². The zero-order valence-electron chi connectivity index (χ0n) is 12.2. The summed E-state index contributed by atoms with van der Waals surface area (Å²) >= 11 is 1.62. The standard InChI is InChI=1S/C14H17F3N4S/c1-9-8-22-13(19-9)5-18-4-10-2-3-12-20-11(14(15,16)17)7-21(12)6-10/h7-8,10,18H,2-6H2,1H3/t10-/m1/s1. The second kappa shape index (κ2) is 6.00. The summed E-state index contributed by atoms with van der Waals surface area (Å²) in [5.74, 6) is 0.864. The number of alkyl halides is 3. The first kappa shape index (κ1) is 15.5. The lowest BCUT2D eigenvalue weighted by molar-refractivity contribution is -0.141. The number of aromatic nitrogens is 3. The molecule has 0 saturated heterocycles. The van der Waals surface area contributed by atoms with Crippen LogP contribution in [-0.2, 0) is 25.7 Å². The minimum Gasteiger partial charge on any atom is -0.334 e. The molecular weight excluding hydrogens is 313 g/mol. The van der Waals surface area contributed by atoms with Crippen molar-refractivity contribution in [3.8, 4) is 0 Å². The largest absolute Gasteiger partial charge is 0.434 e. The van der Waals surface area contributed by atoms with Gasteiger partial charge in [0, 0.05) is 43.3 Å². The van der Waals surface area contributed by atoms with Crippen molar-refractivity contribution in [1.82, 2.24) is 19.9 Å². The lowest BCUT2D eigenvalue weighted by Crippen LogP contribution is -2.29. The molecule has 3 rings (SSSR count). The molecule has 0 amide bonds. The Hall–Kier alpha value is -1.41. The molecule has 0 radical (unpaired) electrons. The van der Waals surface area contributed by atoms with Gasteiger partial charge in [-0.3, -0.25) is 0 Å². The highest BCUT2D eigenvalue weighted by Gasteiger charge is 2.35. The van der Waals surface area contributed by atoms with Gasteiger partial charge in [-0.15, -0.1) is 11.3 Å². The van der Waals surface area contributed by atoms with Gasteiger partial charge in [-0.25, -0.2) is 9.97 Å². The van der Waals surface area contributed by atoms with Crippen LogP contribution in [0.4, 0.5) is 13.2 Å². The second-order valence-corrected chi connectivity index (χ2v) is 6.55. The highest BCUT2D eigenvalue weighted by atomic mass is 32.1. The predicted octanol–water partition coefficient (Wildman–Crippen LogP) is 3.02. The number of aryl methyl sites for hydroxylation is 2. The van der Waals surface area contributed by atoms with Crippen LogP contribution in [0.3, 0.4) is 0 Å². The molecule has 22 heavy (non-hydrogen) atoms. The Balaban J connectivity index is 1.54. The molecule has 3 heterocycles. The van der Waals surface area contributed by atoms with E-state index < -0.39 is 11.9 Å². The predicted molar refractivity (Wildman–Crippen MR) is 77.6 cm³/mol. The highest BCUT2D eigenvalue weighted by Crippen LogP contribution is 2.30. The number of hydrogen-bond acceptors (Lipinski definition) is 4. The van der Waals surface area contributed by atoms with E-state index in [4.69, 9.17) is 0 Å². The number of rotatable bonds is 4. The number of nitrogens with zero attached hydrogens (tertiary/aromatic N) is 3. The fourth-order valence-corrected chi connectivity index (χ4v) is 3.43. The monoisotopic (exact) mass is 330 g/mol. The number of imidazole rings is 1. The molecule has 8 heteroatoms. The maximum absolute atomic E-state index is 12.7. The molecule has 4 nitrogen and oxygen atoms in total. The van der Waals surface area contributed by atoms with Crippen LogP contribution in [0.5, 0.6) is 0 Å². The van der Waals surface area contributed by atoms with Gasteiger partial charge in [0.1, 0.15) is 10.8 Å². The average molecular weight is 330 g/mol. The van der Waals surface area contributed by atoms with Crippen molar-refractivity contribution in [2.24, 2.45) is 5.92 Å². The van der Waals surface area contributed by atoms with Crippen molar-refractivity contribution in [3.63, 3.8) is 0 Å². The third-order valence-corrected chi connectivity index (χ3v) is 4.72. The number of nitrogens with one attached hydrogen (secondary N) is 1. The molecular formula is C14H17F3N4S. The summed E-state index contributed by atoms with van der Waals surface area (Å²) in [5.41, 5.74) is 0.233. The minimum absolute atomic E-state index is 0.323. The van der Waals surface area contributed by atoms with E-state index in [2.05, 4.69) is 15.3 Å². The maximum atomic E-state index is 12.7. The SMILES string of the molecule is Cc1csc(CNC[C@H]2CCc3nc(C(F)(F)F)cn3C2)n1. The number of thiazole rings is 1. The van der Waals surface area contributed by atoms with Gasteiger partial charge >= 0.3 is 6.18 Å². The van der Waals surface area contributed by atoms with E-state index in [1.165, 1.54) is 0 Å². The normalized spacial score (nSPS) is 18.5. The van der Waals surface area contributed by atoms with Crippen LogP contribution in [-0.4, -0.2) is 21.1 Å². The average Bonchev–Trinajstić information content (AvgIpc) is 3.04. The second-order valence-electron chi connectivity index (χ2n) is 5.61. The molecule has 1 atom stereocenters. The minimum atomic E-state index is -4.36. The van der Waals surface area contributed by atoms with Gasteiger partial charge in [0.05, 0.1) is 0 Å². The third-order valence-electron chi connectivity index (χ3n) is 3.76. The zero-order valence-corrected chi connectivity index (χ0v) is 13.0. The number of fused-ring (bicyclic) bond motifs is 1. The molecule has 2 aromatic heterocycles. The zero-order chi connectivity index (χ0) is 15.7. The van der Waals surface area contributed by atoms with Crippen LogP contribution in [0.1, 0.15) is 28.6 Å². The van der Waals surface area contributed by atoms with Gasteiger partial charge in [0.25, 0.3) is 0 Å². The van der Waals surface area contributed by atoms with E-state index in [-0.39, 0.29) is 0 Å². The molecule has 1 aliphatic heterocycles. The Morgan fingerprint density at radius 2 is 2.23 bits per heavy atom. The van der Waals surface area contributed by atoms with Gasteiger partial charge in [0.15, 0.2) is 5.69 Å². The molecule has 120 valence electrons. The molecule has 0 spiro atoms. The maximum Gasteiger partial charge on any atom is 0.434 e. The Kier molecular flexibility index (Phi) is 4.22. The molecule has 0 aliphatic carbocycles. The molecule has 0 unspecified atom stereocenters. The number of hydrogen-bond donors (Lipinski definition) is 1. The fourth-order valence-electron chi connectivity index (χ4n) is 2.68. The summed E-state index contributed by atoms with van der Waals surface area (Å²) in [4.78, 5) is 8.07. The topological polar surface area (TPSA) is 42.7 Å². The van der Waals surface area contributed by atoms with Crippen LogP contribution in [0.25, 0.3) is 0 Å². The highest BCUT2D eigenvalue weighted by molar-refractivity contribution is 7.09. The Labute approximate surface area is 130 Å². The van der Waals surface area contributed by atoms with Crippen LogP contribution in [0, 0.1) is 12.8 Å². The molecule has 0 saturated carbocycles. The summed E-state index contributed by atoms with van der Waals surface area (Å²) in [7, 11) is 0. The lowest BCUT2D eigenvalue weighted by atomic mass is 9.99. The summed E-state index contributed by atoms with van der Waals surface area (Å²) < 4.78 is 39.7. The van der Waals surface area contributed by atoms with Crippen molar-refractivity contribution in [2.75, 3.05) is 6.54 Å². The molecule has 1 N–H and O–H groups in total. The summed E-state index contributed by atoms with van der Waals surface area (Å²) in [6.07, 6.45) is -1.77. The van der Waals surface area contributed by atoms with Gasteiger partial charge < -0.3 is 9.88 Å². The van der Waals surface area contributed by atoms with Crippen LogP contribution in [0.15, 0.2) is 11.6 Å². The first-order chi connectivity index (χ1) is 10.4. The first-order valence-electron chi connectivity index (χ1n) is 7.17. The van der Waals surface area contributed by atoms with Crippen LogP contribution < -0.4 is 5.32 Å². The molecule has 0 fully saturated rings. The lowest BCUT2D eigenvalue weighted by Gasteiger charge is -2.23. The van der Waals surface area contributed by atoms with E-state index in [1.807, 2.05) is 12.3 Å². The van der Waals surface area contributed by atoms with Gasteiger partial charge in [-0.05, 0) is 19.3 Å². The molecule has 1 aliphatic rings. The first-order valence-corrected chi connectivity index (χ1v) is 8.05. The molecule has 0 bridgehead atoms. The molecule has 0 aromatic carbocycles.